The second-order valence-electron chi connectivity index (χ2n) is 4.90. The predicted molar refractivity (Wildman–Crippen MR) is 73.6 cm³/mol. The summed E-state index contributed by atoms with van der Waals surface area (Å²) in [6.45, 7) is 9.23. The number of carbonyl (C=O) groups excluding carboxylic acids is 1. The van der Waals surface area contributed by atoms with Gasteiger partial charge in [0.2, 0.25) is 5.91 Å². The Morgan fingerprint density at radius 1 is 1.11 bits per heavy atom. The molecule has 0 aliphatic carbocycles. The van der Waals surface area contributed by atoms with Gasteiger partial charge in [-0.2, -0.15) is 0 Å². The standard InChI is InChI=1S/C14H29NO3/c1-4-5-8-15-14(16)12-18-11-10-17-9-6-7-13(2)3/h13H,4-12H2,1-3H3,(H,15,16). The monoisotopic (exact) mass is 259 g/mol. The first-order valence-electron chi connectivity index (χ1n) is 7.09. The lowest BCUT2D eigenvalue weighted by Gasteiger charge is -2.07. The van der Waals surface area contributed by atoms with Gasteiger partial charge in [0.05, 0.1) is 13.2 Å². The molecule has 0 unspecified atom stereocenters. The molecule has 0 rings (SSSR count). The minimum Gasteiger partial charge on any atom is -0.379 e. The molecule has 0 radical (unpaired) electrons. The Balaban J connectivity index is 3.12. The Labute approximate surface area is 111 Å². The molecule has 1 amide bonds. The average molecular weight is 259 g/mol. The number of amides is 1. The van der Waals surface area contributed by atoms with Crippen molar-refractivity contribution in [2.45, 2.75) is 46.5 Å². The maximum atomic E-state index is 11.3. The van der Waals surface area contributed by atoms with Gasteiger partial charge in [0.15, 0.2) is 0 Å². The Morgan fingerprint density at radius 3 is 2.50 bits per heavy atom. The molecule has 0 saturated heterocycles. The first-order chi connectivity index (χ1) is 8.66. The molecular weight excluding hydrogens is 230 g/mol. The van der Waals surface area contributed by atoms with Crippen LogP contribution < -0.4 is 5.32 Å². The molecule has 4 heteroatoms. The zero-order valence-corrected chi connectivity index (χ0v) is 12.2. The maximum absolute atomic E-state index is 11.3. The van der Waals surface area contributed by atoms with E-state index < -0.39 is 0 Å². The summed E-state index contributed by atoms with van der Waals surface area (Å²) in [6.07, 6.45) is 4.39. The molecule has 0 aliphatic rings. The average Bonchev–Trinajstić information content (AvgIpc) is 2.32. The minimum absolute atomic E-state index is 0.0387. The molecule has 0 spiro atoms. The number of ether oxygens (including phenoxy) is 2. The zero-order chi connectivity index (χ0) is 13.6. The van der Waals surface area contributed by atoms with Gasteiger partial charge in [-0.05, 0) is 25.2 Å². The highest BCUT2D eigenvalue weighted by atomic mass is 16.5. The van der Waals surface area contributed by atoms with E-state index in [9.17, 15) is 4.79 Å². The lowest BCUT2D eigenvalue weighted by atomic mass is 10.1. The smallest absolute Gasteiger partial charge is 0.245 e. The van der Waals surface area contributed by atoms with E-state index in [1.165, 1.54) is 6.42 Å². The van der Waals surface area contributed by atoms with Gasteiger partial charge >= 0.3 is 0 Å². The van der Waals surface area contributed by atoms with Gasteiger partial charge in [-0.3, -0.25) is 4.79 Å². The van der Waals surface area contributed by atoms with E-state index in [-0.39, 0.29) is 12.5 Å². The Bertz CT molecular complexity index is 195. The van der Waals surface area contributed by atoms with Crippen molar-refractivity contribution in [3.63, 3.8) is 0 Å². The molecule has 0 aliphatic heterocycles. The third kappa shape index (κ3) is 13.5. The fourth-order valence-corrected chi connectivity index (χ4v) is 1.43. The molecule has 0 aromatic carbocycles. The molecular formula is C14H29NO3. The Kier molecular flexibility index (Phi) is 12.4. The summed E-state index contributed by atoms with van der Waals surface area (Å²) in [4.78, 5) is 11.3. The van der Waals surface area contributed by atoms with Crippen LogP contribution in [-0.2, 0) is 14.3 Å². The summed E-state index contributed by atoms with van der Waals surface area (Å²) in [5.41, 5.74) is 0. The van der Waals surface area contributed by atoms with Gasteiger partial charge in [-0.1, -0.05) is 27.2 Å². The van der Waals surface area contributed by atoms with E-state index >= 15 is 0 Å². The summed E-state index contributed by atoms with van der Waals surface area (Å²) < 4.78 is 10.6. The molecule has 4 nitrogen and oxygen atoms in total. The number of nitrogens with one attached hydrogen (secondary N) is 1. The van der Waals surface area contributed by atoms with Crippen LogP contribution in [0, 0.1) is 5.92 Å². The van der Waals surface area contributed by atoms with Crippen molar-refractivity contribution >= 4 is 5.91 Å². The topological polar surface area (TPSA) is 47.6 Å². The van der Waals surface area contributed by atoms with Crippen LogP contribution in [0.2, 0.25) is 0 Å². The van der Waals surface area contributed by atoms with Crippen molar-refractivity contribution in [2.75, 3.05) is 33.0 Å². The van der Waals surface area contributed by atoms with Crippen LogP contribution in [0.1, 0.15) is 46.5 Å². The molecule has 18 heavy (non-hydrogen) atoms. The summed E-state index contributed by atoms with van der Waals surface area (Å²) in [7, 11) is 0. The molecule has 0 bridgehead atoms. The molecule has 1 N–H and O–H groups in total. The molecule has 0 heterocycles. The molecule has 108 valence electrons. The van der Waals surface area contributed by atoms with E-state index in [1.807, 2.05) is 0 Å². The van der Waals surface area contributed by atoms with Crippen LogP contribution in [0.15, 0.2) is 0 Å². The number of rotatable bonds is 12. The van der Waals surface area contributed by atoms with Gasteiger partial charge in [0.25, 0.3) is 0 Å². The predicted octanol–water partition coefficient (Wildman–Crippen LogP) is 2.37. The van der Waals surface area contributed by atoms with Gasteiger partial charge in [0.1, 0.15) is 6.61 Å². The summed E-state index contributed by atoms with van der Waals surface area (Å²) in [5, 5.41) is 2.80. The SMILES string of the molecule is CCCCNC(=O)COCCOCCCC(C)C. The minimum atomic E-state index is -0.0387. The van der Waals surface area contributed by atoms with E-state index in [2.05, 4.69) is 26.1 Å². The number of hydrogen-bond donors (Lipinski definition) is 1. The largest absolute Gasteiger partial charge is 0.379 e. The lowest BCUT2D eigenvalue weighted by Crippen LogP contribution is -2.28. The maximum Gasteiger partial charge on any atom is 0.245 e. The first kappa shape index (κ1) is 17.4. The van der Waals surface area contributed by atoms with Crippen LogP contribution in [0.3, 0.4) is 0 Å². The Hall–Kier alpha value is -0.610. The van der Waals surface area contributed by atoms with Crippen LogP contribution in [0.25, 0.3) is 0 Å². The normalized spacial score (nSPS) is 10.9. The van der Waals surface area contributed by atoms with Gasteiger partial charge in [-0.25, -0.2) is 0 Å². The van der Waals surface area contributed by atoms with Crippen LogP contribution in [0.5, 0.6) is 0 Å². The molecule has 0 aromatic heterocycles. The van der Waals surface area contributed by atoms with E-state index in [0.717, 1.165) is 38.3 Å². The highest BCUT2D eigenvalue weighted by molar-refractivity contribution is 5.77. The molecule has 0 saturated carbocycles. The molecule has 0 fully saturated rings. The van der Waals surface area contributed by atoms with E-state index in [4.69, 9.17) is 9.47 Å². The van der Waals surface area contributed by atoms with Gasteiger partial charge in [-0.15, -0.1) is 0 Å². The highest BCUT2D eigenvalue weighted by Crippen LogP contribution is 2.02. The summed E-state index contributed by atoms with van der Waals surface area (Å²) in [5.74, 6) is 0.694. The second kappa shape index (κ2) is 12.8. The van der Waals surface area contributed by atoms with E-state index in [0.29, 0.717) is 13.2 Å². The second-order valence-corrected chi connectivity index (χ2v) is 4.90. The lowest BCUT2D eigenvalue weighted by molar-refractivity contribution is -0.126. The zero-order valence-electron chi connectivity index (χ0n) is 12.2. The summed E-state index contributed by atoms with van der Waals surface area (Å²) >= 11 is 0. The third-order valence-electron chi connectivity index (χ3n) is 2.53. The quantitative estimate of drug-likeness (QED) is 0.547. The fraction of sp³-hybridized carbons (Fsp3) is 0.929. The number of unbranched alkanes of at least 4 members (excludes halogenated alkanes) is 1. The van der Waals surface area contributed by atoms with Crippen molar-refractivity contribution < 1.29 is 14.3 Å². The third-order valence-corrected chi connectivity index (χ3v) is 2.53. The van der Waals surface area contributed by atoms with Crippen LogP contribution in [-0.4, -0.2) is 38.9 Å². The molecule has 0 atom stereocenters. The first-order valence-corrected chi connectivity index (χ1v) is 7.09. The number of hydrogen-bond acceptors (Lipinski definition) is 3. The molecule has 0 aromatic rings. The van der Waals surface area contributed by atoms with Crippen molar-refractivity contribution in [1.82, 2.24) is 5.32 Å². The van der Waals surface area contributed by atoms with Crippen molar-refractivity contribution in [2.24, 2.45) is 5.92 Å². The van der Waals surface area contributed by atoms with Crippen LogP contribution >= 0.6 is 0 Å². The fourth-order valence-electron chi connectivity index (χ4n) is 1.43. The van der Waals surface area contributed by atoms with E-state index in [1.54, 1.807) is 0 Å². The summed E-state index contributed by atoms with van der Waals surface area (Å²) in [6, 6.07) is 0. The van der Waals surface area contributed by atoms with Gasteiger partial charge in [0, 0.05) is 13.2 Å². The van der Waals surface area contributed by atoms with Crippen molar-refractivity contribution in [3.05, 3.63) is 0 Å². The number of carbonyl (C=O) groups is 1. The van der Waals surface area contributed by atoms with Crippen LogP contribution in [0.4, 0.5) is 0 Å². The Morgan fingerprint density at radius 2 is 1.83 bits per heavy atom. The van der Waals surface area contributed by atoms with Crippen molar-refractivity contribution in [3.8, 4) is 0 Å². The van der Waals surface area contributed by atoms with Gasteiger partial charge < -0.3 is 14.8 Å². The highest BCUT2D eigenvalue weighted by Gasteiger charge is 2.00. The van der Waals surface area contributed by atoms with Crippen molar-refractivity contribution in [1.29, 1.82) is 0 Å².